The minimum absolute atomic E-state index is 0.193. The Morgan fingerprint density at radius 1 is 1.28 bits per heavy atom. The van der Waals surface area contributed by atoms with Gasteiger partial charge in [0.2, 0.25) is 0 Å². The third kappa shape index (κ3) is 4.32. The number of phenolic OH excluding ortho intramolecular Hbond substituents is 1. The molecule has 1 fully saturated rings. The first-order valence-corrected chi connectivity index (χ1v) is 10.4. The summed E-state index contributed by atoms with van der Waals surface area (Å²) in [5, 5.41) is 13.8. The molecule has 1 aliphatic rings. The number of hydrogen-bond acceptors (Lipinski definition) is 4. The topological polar surface area (TPSA) is 61.7 Å². The van der Waals surface area contributed by atoms with Gasteiger partial charge in [0.05, 0.1) is 17.7 Å². The van der Waals surface area contributed by atoms with Gasteiger partial charge < -0.3 is 10.4 Å². The average molecular weight is 597 g/mol. The zero-order chi connectivity index (χ0) is 18.1. The summed E-state index contributed by atoms with van der Waals surface area (Å²) in [6.07, 6.45) is 1.79. The summed E-state index contributed by atoms with van der Waals surface area (Å²) >= 11 is 11.5. The predicted molar refractivity (Wildman–Crippen MR) is 121 cm³/mol. The first-order valence-electron chi connectivity index (χ1n) is 7.08. The van der Waals surface area contributed by atoms with Crippen LogP contribution in [0.3, 0.4) is 0 Å². The van der Waals surface area contributed by atoms with Crippen molar-refractivity contribution in [3.63, 3.8) is 0 Å². The van der Waals surface area contributed by atoms with Crippen LogP contribution in [-0.4, -0.2) is 16.2 Å². The normalized spacial score (nSPS) is 17.4. The molecule has 0 unspecified atom stereocenters. The third-order valence-corrected chi connectivity index (χ3v) is 6.41. The van der Waals surface area contributed by atoms with E-state index < -0.39 is 0 Å². The first-order chi connectivity index (χ1) is 11.8. The van der Waals surface area contributed by atoms with Gasteiger partial charge in [0.1, 0.15) is 5.75 Å². The fourth-order valence-corrected chi connectivity index (χ4v) is 4.95. The van der Waals surface area contributed by atoms with Crippen molar-refractivity contribution in [3.8, 4) is 5.75 Å². The summed E-state index contributed by atoms with van der Waals surface area (Å²) in [4.78, 5) is 17.2. The number of nitrogens with zero attached hydrogens (tertiary/aromatic N) is 1. The van der Waals surface area contributed by atoms with E-state index >= 15 is 0 Å². The van der Waals surface area contributed by atoms with Crippen LogP contribution in [0.2, 0.25) is 5.02 Å². The lowest BCUT2D eigenvalue weighted by atomic mass is 10.2. The van der Waals surface area contributed by atoms with Gasteiger partial charge >= 0.3 is 0 Å². The molecular formula is C17H11ClI2N2O2S. The van der Waals surface area contributed by atoms with Crippen molar-refractivity contribution in [2.45, 2.75) is 6.92 Å². The van der Waals surface area contributed by atoms with E-state index in [9.17, 15) is 9.90 Å². The molecule has 25 heavy (non-hydrogen) atoms. The Kier molecular flexibility index (Phi) is 5.96. The third-order valence-electron chi connectivity index (χ3n) is 3.45. The summed E-state index contributed by atoms with van der Waals surface area (Å²) in [5.74, 6) is 0.0621. The predicted octanol–water partition coefficient (Wildman–Crippen LogP) is 5.45. The highest BCUT2D eigenvalue weighted by Gasteiger charge is 2.24. The Hall–Kier alpha value is -0.780. The lowest BCUT2D eigenvalue weighted by Crippen LogP contribution is -2.19. The maximum absolute atomic E-state index is 12.2. The summed E-state index contributed by atoms with van der Waals surface area (Å²) in [5.41, 5.74) is 2.45. The first kappa shape index (κ1) is 19.0. The van der Waals surface area contributed by atoms with Crippen LogP contribution in [0.25, 0.3) is 6.08 Å². The number of phenols is 1. The maximum atomic E-state index is 12.2. The molecule has 1 aliphatic heterocycles. The second-order valence-corrected chi connectivity index (χ2v) is 8.96. The Balaban J connectivity index is 1.90. The Morgan fingerprint density at radius 3 is 2.64 bits per heavy atom. The molecule has 0 bridgehead atoms. The molecule has 2 aromatic rings. The fraction of sp³-hybridized carbons (Fsp3) is 0.0588. The number of rotatable bonds is 2. The molecule has 0 atom stereocenters. The van der Waals surface area contributed by atoms with Crippen molar-refractivity contribution >= 4 is 91.4 Å². The second-order valence-electron chi connectivity index (χ2n) is 5.20. The van der Waals surface area contributed by atoms with Crippen LogP contribution in [0, 0.1) is 14.1 Å². The molecule has 3 rings (SSSR count). The van der Waals surface area contributed by atoms with E-state index in [0.29, 0.717) is 15.1 Å². The second kappa shape index (κ2) is 7.85. The Bertz CT molecular complexity index is 921. The molecule has 1 amide bonds. The van der Waals surface area contributed by atoms with E-state index in [2.05, 4.69) is 55.5 Å². The van der Waals surface area contributed by atoms with Crippen molar-refractivity contribution < 1.29 is 9.90 Å². The van der Waals surface area contributed by atoms with Crippen molar-refractivity contribution in [1.29, 1.82) is 0 Å². The number of nitrogens with one attached hydrogen (secondary N) is 1. The van der Waals surface area contributed by atoms with E-state index in [1.54, 1.807) is 12.1 Å². The highest BCUT2D eigenvalue weighted by atomic mass is 127. The molecule has 2 aromatic carbocycles. The molecule has 4 nitrogen and oxygen atoms in total. The SMILES string of the molecule is Cc1c(Cl)cccc1N=C1NC(=O)/C(=C\c2cc(I)c(O)c(I)c2)S1. The maximum Gasteiger partial charge on any atom is 0.264 e. The zero-order valence-corrected chi connectivity index (χ0v) is 18.7. The number of aliphatic imine (C=N–C) groups is 1. The van der Waals surface area contributed by atoms with Crippen LogP contribution < -0.4 is 5.32 Å². The van der Waals surface area contributed by atoms with E-state index in [-0.39, 0.29) is 11.7 Å². The quantitative estimate of drug-likeness (QED) is 0.358. The van der Waals surface area contributed by atoms with Crippen molar-refractivity contribution in [2.75, 3.05) is 0 Å². The molecule has 8 heteroatoms. The summed E-state index contributed by atoms with van der Waals surface area (Å²) in [6, 6.07) is 9.14. The van der Waals surface area contributed by atoms with Gasteiger partial charge in [-0.1, -0.05) is 17.7 Å². The number of amides is 1. The summed E-state index contributed by atoms with van der Waals surface area (Å²) in [6.45, 7) is 1.89. The number of hydrogen-bond donors (Lipinski definition) is 2. The highest BCUT2D eigenvalue weighted by Crippen LogP contribution is 2.33. The van der Waals surface area contributed by atoms with Crippen LogP contribution in [0.4, 0.5) is 5.69 Å². The monoisotopic (exact) mass is 596 g/mol. The standard InChI is InChI=1S/C17H11ClI2N2O2S/c1-8-10(18)3-2-4-13(8)21-17-22-16(24)14(25-17)7-9-5-11(19)15(23)12(20)6-9/h2-7,23H,1H3,(H,21,22,24)/b14-7+. The lowest BCUT2D eigenvalue weighted by Gasteiger charge is -2.03. The van der Waals surface area contributed by atoms with Crippen LogP contribution >= 0.6 is 68.5 Å². The van der Waals surface area contributed by atoms with Crippen LogP contribution in [0.1, 0.15) is 11.1 Å². The molecule has 0 aliphatic carbocycles. The lowest BCUT2D eigenvalue weighted by molar-refractivity contribution is -0.115. The molecule has 0 spiro atoms. The number of amidine groups is 1. The van der Waals surface area contributed by atoms with Gasteiger partial charge in [0.25, 0.3) is 5.91 Å². The molecule has 1 saturated heterocycles. The van der Waals surface area contributed by atoms with Gasteiger partial charge in [-0.2, -0.15) is 0 Å². The molecule has 0 radical (unpaired) electrons. The number of aromatic hydroxyl groups is 1. The Morgan fingerprint density at radius 2 is 1.96 bits per heavy atom. The summed E-state index contributed by atoms with van der Waals surface area (Å²) < 4.78 is 1.48. The minimum Gasteiger partial charge on any atom is -0.506 e. The van der Waals surface area contributed by atoms with Crippen molar-refractivity contribution in [2.24, 2.45) is 4.99 Å². The van der Waals surface area contributed by atoms with Gasteiger partial charge in [-0.05, 0) is 105 Å². The molecule has 2 N–H and O–H groups in total. The summed E-state index contributed by atoms with van der Waals surface area (Å²) in [7, 11) is 0. The largest absolute Gasteiger partial charge is 0.506 e. The molecule has 0 saturated carbocycles. The average Bonchev–Trinajstić information content (AvgIpc) is 2.89. The number of halogens is 3. The molecule has 0 aromatic heterocycles. The van der Waals surface area contributed by atoms with Crippen LogP contribution in [0.5, 0.6) is 5.75 Å². The van der Waals surface area contributed by atoms with Crippen molar-refractivity contribution in [1.82, 2.24) is 5.32 Å². The van der Waals surface area contributed by atoms with Gasteiger partial charge in [-0.15, -0.1) is 0 Å². The van der Waals surface area contributed by atoms with Crippen LogP contribution in [0.15, 0.2) is 40.2 Å². The molecule has 128 valence electrons. The van der Waals surface area contributed by atoms with E-state index in [4.69, 9.17) is 11.6 Å². The van der Waals surface area contributed by atoms with Crippen LogP contribution in [-0.2, 0) is 4.79 Å². The van der Waals surface area contributed by atoms with Gasteiger partial charge in [-0.25, -0.2) is 4.99 Å². The van der Waals surface area contributed by atoms with Gasteiger partial charge in [0, 0.05) is 5.02 Å². The fourth-order valence-electron chi connectivity index (χ4n) is 2.13. The van der Waals surface area contributed by atoms with Gasteiger partial charge in [-0.3, -0.25) is 4.79 Å². The smallest absolute Gasteiger partial charge is 0.264 e. The van der Waals surface area contributed by atoms with E-state index in [0.717, 1.165) is 24.0 Å². The van der Waals surface area contributed by atoms with E-state index in [1.165, 1.54) is 11.8 Å². The Labute approximate surface area is 181 Å². The highest BCUT2D eigenvalue weighted by molar-refractivity contribution is 14.1. The molecule has 1 heterocycles. The number of thioether (sulfide) groups is 1. The minimum atomic E-state index is -0.193. The zero-order valence-electron chi connectivity index (χ0n) is 12.8. The van der Waals surface area contributed by atoms with Crippen molar-refractivity contribution in [3.05, 3.63) is 58.5 Å². The molecular weight excluding hydrogens is 586 g/mol. The van der Waals surface area contributed by atoms with E-state index in [1.807, 2.05) is 31.2 Å². The number of carbonyl (C=O) groups excluding carboxylic acids is 1. The number of carbonyl (C=O) groups is 1. The van der Waals surface area contributed by atoms with Gasteiger partial charge in [0.15, 0.2) is 5.17 Å². The number of benzene rings is 2.